The molecule has 2 amide bonds. The van der Waals surface area contributed by atoms with Crippen molar-refractivity contribution in [2.75, 3.05) is 75.6 Å². The summed E-state index contributed by atoms with van der Waals surface area (Å²) in [5.74, 6) is -0.308. The third-order valence-electron chi connectivity index (χ3n) is 11.0. The molecule has 0 saturated carbocycles. The molecular formula is C41H53FN12O7S. The topological polar surface area (TPSA) is 234 Å². The minimum absolute atomic E-state index is 0.00526. The van der Waals surface area contributed by atoms with E-state index in [1.54, 1.807) is 37.2 Å². The predicted molar refractivity (Wildman–Crippen MR) is 232 cm³/mol. The van der Waals surface area contributed by atoms with Crippen LogP contribution in [0.5, 0.6) is 11.5 Å². The molecule has 0 aliphatic carbocycles. The van der Waals surface area contributed by atoms with Crippen molar-refractivity contribution < 1.29 is 36.7 Å². The van der Waals surface area contributed by atoms with Crippen LogP contribution in [0.2, 0.25) is 0 Å². The summed E-state index contributed by atoms with van der Waals surface area (Å²) < 4.78 is 58.0. The number of benzene rings is 2. The van der Waals surface area contributed by atoms with Crippen molar-refractivity contribution in [1.82, 2.24) is 34.1 Å². The van der Waals surface area contributed by atoms with Crippen molar-refractivity contribution in [2.45, 2.75) is 56.6 Å². The number of rotatable bonds is 20. The molecule has 2 fully saturated rings. The van der Waals surface area contributed by atoms with Gasteiger partial charge in [-0.15, -0.1) is 5.10 Å². The Labute approximate surface area is 359 Å². The van der Waals surface area contributed by atoms with E-state index in [0.29, 0.717) is 42.2 Å². The van der Waals surface area contributed by atoms with Crippen molar-refractivity contribution in [3.05, 3.63) is 60.4 Å². The van der Waals surface area contributed by atoms with Crippen LogP contribution in [0.25, 0.3) is 11.2 Å². The van der Waals surface area contributed by atoms with Crippen molar-refractivity contribution in [3.63, 3.8) is 0 Å². The number of likely N-dealkylation sites (N-methyl/N-ethyl adjacent to an activating group) is 1. The first kappa shape index (κ1) is 45.3. The second-order valence-corrected chi connectivity index (χ2v) is 17.6. The van der Waals surface area contributed by atoms with Crippen LogP contribution in [0.1, 0.15) is 45.2 Å². The summed E-state index contributed by atoms with van der Waals surface area (Å²) in [5.41, 5.74) is 7.30. The maximum absolute atomic E-state index is 15.6. The minimum Gasteiger partial charge on any atom is -0.490 e. The monoisotopic (exact) mass is 876 g/mol. The highest BCUT2D eigenvalue weighted by Gasteiger charge is 2.50. The van der Waals surface area contributed by atoms with Gasteiger partial charge < -0.3 is 45.8 Å². The van der Waals surface area contributed by atoms with Gasteiger partial charge in [-0.25, -0.2) is 17.8 Å². The number of anilines is 4. The average molecular weight is 877 g/mol. The van der Waals surface area contributed by atoms with Crippen molar-refractivity contribution in [3.8, 4) is 11.5 Å². The second kappa shape index (κ2) is 19.2. The number of halogens is 1. The maximum atomic E-state index is 15.6. The van der Waals surface area contributed by atoms with Crippen molar-refractivity contribution >= 4 is 69.1 Å². The molecule has 1 spiro atoms. The van der Waals surface area contributed by atoms with Crippen molar-refractivity contribution in [2.24, 2.45) is 11.1 Å². The third-order valence-corrected chi connectivity index (χ3v) is 12.8. The first-order chi connectivity index (χ1) is 29.7. The zero-order valence-corrected chi connectivity index (χ0v) is 36.2. The minimum atomic E-state index is -4.01. The van der Waals surface area contributed by atoms with Gasteiger partial charge in [0.05, 0.1) is 28.4 Å². The van der Waals surface area contributed by atoms with Gasteiger partial charge in [-0.3, -0.25) is 14.5 Å². The first-order valence-electron chi connectivity index (χ1n) is 20.1. The quantitative estimate of drug-likeness (QED) is 0.0739. The molecule has 19 nitrogen and oxygen atoms in total. The largest absolute Gasteiger partial charge is 0.490 e. The molecular weight excluding hydrogens is 824 g/mol. The smallest absolute Gasteiger partial charge is 0.247 e. The Kier molecular flexibility index (Phi) is 14.1. The van der Waals surface area contributed by atoms with E-state index in [2.05, 4.69) is 30.6 Å². The van der Waals surface area contributed by atoms with Crippen LogP contribution in [0.3, 0.4) is 0 Å². The van der Waals surface area contributed by atoms with E-state index in [1.807, 2.05) is 13.8 Å². The van der Waals surface area contributed by atoms with Crippen LogP contribution < -0.4 is 35.6 Å². The number of hydrogen-bond acceptors (Lipinski definition) is 15. The molecule has 2 saturated heterocycles. The van der Waals surface area contributed by atoms with Crippen LogP contribution in [0.4, 0.5) is 27.4 Å². The molecule has 2 aliphatic rings. The Morgan fingerprint density at radius 1 is 1.16 bits per heavy atom. The number of ether oxygens (including phenoxy) is 2. The number of nitrogens with two attached hydrogens (primary N) is 1. The van der Waals surface area contributed by atoms with Crippen LogP contribution in [0, 0.1) is 16.6 Å². The Bertz CT molecular complexity index is 2440. The lowest BCUT2D eigenvalue weighted by Crippen LogP contribution is -2.64. The number of para-hydroxylation sites is 1. The lowest BCUT2D eigenvalue weighted by Gasteiger charge is -2.53. The van der Waals surface area contributed by atoms with Gasteiger partial charge in [-0.1, -0.05) is 6.07 Å². The zero-order valence-electron chi connectivity index (χ0n) is 35.4. The normalized spacial score (nSPS) is 16.1. The highest BCUT2D eigenvalue weighted by atomic mass is 32.2. The fourth-order valence-corrected chi connectivity index (χ4v) is 9.51. The summed E-state index contributed by atoms with van der Waals surface area (Å²) >= 11 is 0. The molecule has 0 bridgehead atoms. The summed E-state index contributed by atoms with van der Waals surface area (Å²) in [6.45, 7) is 6.48. The number of aldehydes is 1. The van der Waals surface area contributed by atoms with Gasteiger partial charge in [0.1, 0.15) is 42.2 Å². The lowest BCUT2D eigenvalue weighted by atomic mass is 9.75. The van der Waals surface area contributed by atoms with Crippen LogP contribution in [0.15, 0.2) is 53.8 Å². The third kappa shape index (κ3) is 9.63. The standard InChI is InChI=1S/C41H53FN12O7S/c1-27(2)61-38-36(28(19-43)20-44)46-25-54-39(38)48-40(49-54)47-32-12-11-30(18-31(32)42)62(58,59)53-23-41(24-53)14-7-15-52(22-41)16-17-60-34-9-6-8-33(37(34)50(4)26-56)51(5)29(21-55)10-13-35(57)45-3/h6,8-9,11-12,18-21,25-27,29,43H,7,10,13-17,22-24,44H2,1-5H3,(H,45,57)(H,47,49)/b28-20+,43-19?. The van der Waals surface area contributed by atoms with Gasteiger partial charge in [0.25, 0.3) is 0 Å². The lowest BCUT2D eigenvalue weighted by molar-refractivity contribution is -0.120. The molecule has 4 heterocycles. The molecule has 2 aromatic heterocycles. The molecule has 1 atom stereocenters. The number of fused-ring (bicyclic) bond motifs is 1. The number of nitrogens with one attached hydrogen (secondary N) is 3. The molecule has 21 heteroatoms. The average Bonchev–Trinajstić information content (AvgIpc) is 3.67. The highest BCUT2D eigenvalue weighted by Crippen LogP contribution is 2.42. The van der Waals surface area contributed by atoms with E-state index >= 15 is 4.39 Å². The Morgan fingerprint density at radius 3 is 2.60 bits per heavy atom. The number of carbonyl (C=O) groups excluding carboxylic acids is 3. The van der Waals surface area contributed by atoms with Crippen LogP contribution >= 0.6 is 0 Å². The molecule has 332 valence electrons. The Hall–Kier alpha value is -6.19. The molecule has 6 rings (SSSR count). The summed E-state index contributed by atoms with van der Waals surface area (Å²) in [6, 6.07) is 8.35. The zero-order chi connectivity index (χ0) is 44.8. The van der Waals surface area contributed by atoms with Gasteiger partial charge in [0, 0.05) is 77.1 Å². The van der Waals surface area contributed by atoms with Gasteiger partial charge in [0.15, 0.2) is 5.75 Å². The number of likely N-dealkylation sites (tertiary alicyclic amines) is 1. The summed E-state index contributed by atoms with van der Waals surface area (Å²) in [5, 5.41) is 17.4. The molecule has 1 unspecified atom stereocenters. The number of nitrogens with zero attached hydrogens (tertiary/aromatic N) is 8. The van der Waals surface area contributed by atoms with E-state index in [1.165, 1.54) is 45.4 Å². The SMILES string of the molecule is CNC(=O)CCC(C=O)N(C)c1cccc(OCCN2CCCC3(C2)CN(S(=O)(=O)c2ccc(Nc4nc5c(OC(C)C)c(/C(C=N)=C/N)ncn5n4)c(F)c2)C3)c1N(C)C=O. The molecule has 2 aromatic carbocycles. The number of carbonyl (C=O) groups is 3. The van der Waals surface area contributed by atoms with Crippen molar-refractivity contribution in [1.29, 1.82) is 5.41 Å². The van der Waals surface area contributed by atoms with E-state index in [-0.39, 0.29) is 83.6 Å². The van der Waals surface area contributed by atoms with Gasteiger partial charge in [-0.05, 0) is 70.0 Å². The van der Waals surface area contributed by atoms with Gasteiger partial charge >= 0.3 is 0 Å². The molecule has 0 radical (unpaired) electrons. The van der Waals surface area contributed by atoms with Gasteiger partial charge in [-0.2, -0.15) is 13.8 Å². The van der Waals surface area contributed by atoms with Crippen LogP contribution in [-0.2, 0) is 24.4 Å². The highest BCUT2D eigenvalue weighted by molar-refractivity contribution is 7.89. The van der Waals surface area contributed by atoms with Crippen LogP contribution in [-0.4, -0.2) is 135 Å². The number of amides is 2. The Balaban J connectivity index is 1.08. The fraction of sp³-hybridized carbons (Fsp3) is 0.439. The first-order valence-corrected chi connectivity index (χ1v) is 21.6. The predicted octanol–water partition coefficient (Wildman–Crippen LogP) is 3.03. The van der Waals surface area contributed by atoms with E-state index in [9.17, 15) is 22.8 Å². The summed E-state index contributed by atoms with van der Waals surface area (Å²) in [7, 11) is 0.859. The molecule has 2 aliphatic heterocycles. The number of piperidine rings is 1. The van der Waals surface area contributed by atoms with E-state index in [0.717, 1.165) is 38.0 Å². The molecule has 4 aromatic rings. The second-order valence-electron chi connectivity index (χ2n) is 15.7. The molecule has 5 N–H and O–H groups in total. The Morgan fingerprint density at radius 2 is 1.94 bits per heavy atom. The number of sulfonamides is 1. The summed E-state index contributed by atoms with van der Waals surface area (Å²) in [4.78, 5) is 49.8. The number of aromatic nitrogens is 4. The fourth-order valence-electron chi connectivity index (χ4n) is 7.83. The summed E-state index contributed by atoms with van der Waals surface area (Å²) in [6.07, 6.45) is 6.94. The molecule has 62 heavy (non-hydrogen) atoms. The number of allylic oxidation sites excluding steroid dienone is 1. The van der Waals surface area contributed by atoms with E-state index < -0.39 is 21.9 Å². The van der Waals surface area contributed by atoms with E-state index in [4.69, 9.17) is 20.6 Å². The number of hydrogen-bond donors (Lipinski definition) is 4. The van der Waals surface area contributed by atoms with Gasteiger partial charge in [0.2, 0.25) is 33.9 Å². The maximum Gasteiger partial charge on any atom is 0.247 e.